The van der Waals surface area contributed by atoms with Crippen LogP contribution in [0, 0.1) is 5.92 Å². The van der Waals surface area contributed by atoms with Gasteiger partial charge in [0.05, 0.1) is 12.1 Å². The zero-order valence-corrected chi connectivity index (χ0v) is 11.1. The smallest absolute Gasteiger partial charge is 0.150 e. The van der Waals surface area contributed by atoms with Gasteiger partial charge in [-0.15, -0.1) is 0 Å². The largest absolute Gasteiger partial charge is 0.391 e. The van der Waals surface area contributed by atoms with E-state index in [1.807, 2.05) is 4.68 Å². The van der Waals surface area contributed by atoms with Gasteiger partial charge in [0.25, 0.3) is 0 Å². The molecule has 3 atom stereocenters. The maximum atomic E-state index is 10.2. The molecule has 0 saturated heterocycles. The van der Waals surface area contributed by atoms with E-state index in [1.54, 1.807) is 0 Å². The third-order valence-corrected chi connectivity index (χ3v) is 3.74. The summed E-state index contributed by atoms with van der Waals surface area (Å²) in [7, 11) is 0. The van der Waals surface area contributed by atoms with E-state index in [4.69, 9.17) is 0 Å². The number of rotatable bonds is 3. The molecule has 1 N–H and O–H groups in total. The lowest BCUT2D eigenvalue weighted by molar-refractivity contribution is 0.0502. The van der Waals surface area contributed by atoms with Crippen molar-refractivity contribution in [1.82, 2.24) is 14.8 Å². The molecule has 2 rings (SSSR count). The molecule has 0 aromatic carbocycles. The van der Waals surface area contributed by atoms with Gasteiger partial charge >= 0.3 is 0 Å². The van der Waals surface area contributed by atoms with Crippen molar-refractivity contribution in [3.8, 4) is 0 Å². The number of hydrogen-bond donors (Lipinski definition) is 1. The predicted octanol–water partition coefficient (Wildman–Crippen LogP) is 2.12. The van der Waals surface area contributed by atoms with E-state index >= 15 is 0 Å². The molecule has 1 aliphatic rings. The number of nitrogens with zero attached hydrogens (tertiary/aromatic N) is 3. The molecule has 4 nitrogen and oxygen atoms in total. The Kier molecular flexibility index (Phi) is 3.82. The van der Waals surface area contributed by atoms with E-state index in [2.05, 4.69) is 30.9 Å². The summed E-state index contributed by atoms with van der Waals surface area (Å²) >= 11 is 0. The number of aryl methyl sites for hydroxylation is 2. The van der Waals surface area contributed by atoms with Gasteiger partial charge in [-0.1, -0.05) is 20.8 Å². The Balaban J connectivity index is 2.27. The average molecular weight is 237 g/mol. The lowest BCUT2D eigenvalue weighted by Crippen LogP contribution is -2.32. The molecule has 0 aliphatic heterocycles. The predicted molar refractivity (Wildman–Crippen MR) is 66.8 cm³/mol. The first-order valence-electron chi connectivity index (χ1n) is 6.78. The van der Waals surface area contributed by atoms with Crippen LogP contribution in [0.5, 0.6) is 0 Å². The summed E-state index contributed by atoms with van der Waals surface area (Å²) in [6.07, 6.45) is 4.50. The highest BCUT2D eigenvalue weighted by Crippen LogP contribution is 2.32. The molecule has 0 radical (unpaired) electrons. The van der Waals surface area contributed by atoms with E-state index in [-0.39, 0.29) is 12.1 Å². The van der Waals surface area contributed by atoms with Crippen LogP contribution in [0.1, 0.15) is 57.7 Å². The summed E-state index contributed by atoms with van der Waals surface area (Å²) in [6, 6.07) is 0.126. The Morgan fingerprint density at radius 2 is 2.06 bits per heavy atom. The Morgan fingerprint density at radius 1 is 1.29 bits per heavy atom. The van der Waals surface area contributed by atoms with Gasteiger partial charge in [0, 0.05) is 12.8 Å². The van der Waals surface area contributed by atoms with Crippen LogP contribution in [0.15, 0.2) is 0 Å². The van der Waals surface area contributed by atoms with E-state index in [1.165, 1.54) is 0 Å². The quantitative estimate of drug-likeness (QED) is 0.876. The van der Waals surface area contributed by atoms with Crippen LogP contribution in [0.4, 0.5) is 0 Å². The summed E-state index contributed by atoms with van der Waals surface area (Å²) in [5.41, 5.74) is 0. The van der Waals surface area contributed by atoms with Crippen LogP contribution >= 0.6 is 0 Å². The van der Waals surface area contributed by atoms with Crippen molar-refractivity contribution >= 4 is 0 Å². The molecule has 0 bridgehead atoms. The molecule has 0 spiro atoms. The minimum atomic E-state index is -0.261. The van der Waals surface area contributed by atoms with Gasteiger partial charge in [0.1, 0.15) is 5.82 Å². The molecular weight excluding hydrogens is 214 g/mol. The molecule has 0 amide bonds. The number of aromatic nitrogens is 3. The van der Waals surface area contributed by atoms with E-state index in [0.717, 1.165) is 43.8 Å². The monoisotopic (exact) mass is 237 g/mol. The molecule has 1 aromatic rings. The van der Waals surface area contributed by atoms with Crippen LogP contribution in [0.25, 0.3) is 0 Å². The first kappa shape index (κ1) is 12.6. The highest BCUT2D eigenvalue weighted by Gasteiger charge is 2.30. The fourth-order valence-electron chi connectivity index (χ4n) is 2.66. The van der Waals surface area contributed by atoms with Crippen LogP contribution in [-0.4, -0.2) is 26.0 Å². The second-order valence-electron chi connectivity index (χ2n) is 5.15. The van der Waals surface area contributed by atoms with Gasteiger partial charge in [0.2, 0.25) is 0 Å². The van der Waals surface area contributed by atoms with E-state index in [9.17, 15) is 5.11 Å². The fourth-order valence-corrected chi connectivity index (χ4v) is 2.66. The second-order valence-corrected chi connectivity index (χ2v) is 5.15. The van der Waals surface area contributed by atoms with Crippen molar-refractivity contribution in [2.75, 3.05) is 0 Å². The Bertz CT molecular complexity index is 375. The first-order valence-corrected chi connectivity index (χ1v) is 6.78. The van der Waals surface area contributed by atoms with Gasteiger partial charge < -0.3 is 5.11 Å². The van der Waals surface area contributed by atoms with Gasteiger partial charge in [0.15, 0.2) is 5.82 Å². The summed E-state index contributed by atoms with van der Waals surface area (Å²) in [4.78, 5) is 4.52. The summed E-state index contributed by atoms with van der Waals surface area (Å²) < 4.78 is 1.99. The van der Waals surface area contributed by atoms with Crippen LogP contribution in [0.3, 0.4) is 0 Å². The topological polar surface area (TPSA) is 50.9 Å². The van der Waals surface area contributed by atoms with Crippen LogP contribution in [0.2, 0.25) is 0 Å². The molecule has 4 heteroatoms. The van der Waals surface area contributed by atoms with Crippen molar-refractivity contribution in [2.24, 2.45) is 5.92 Å². The number of hydrogen-bond acceptors (Lipinski definition) is 3. The Labute approximate surface area is 103 Å². The van der Waals surface area contributed by atoms with E-state index < -0.39 is 0 Å². The molecular formula is C13H23N3O. The fraction of sp³-hybridized carbons (Fsp3) is 0.846. The third kappa shape index (κ3) is 2.51. The molecule has 1 saturated carbocycles. The molecule has 17 heavy (non-hydrogen) atoms. The molecule has 96 valence electrons. The van der Waals surface area contributed by atoms with Gasteiger partial charge in [-0.05, 0) is 25.2 Å². The molecule has 1 heterocycles. The highest BCUT2D eigenvalue weighted by molar-refractivity contribution is 4.97. The zero-order chi connectivity index (χ0) is 12.4. The summed E-state index contributed by atoms with van der Waals surface area (Å²) in [6.45, 7) is 6.42. The standard InChI is InChI=1S/C13H23N3O/c1-4-12-14-13(5-2)16(15-12)10-8-9(3)6-7-11(10)17/h9-11,17H,4-8H2,1-3H3. The minimum absolute atomic E-state index is 0.126. The number of aliphatic hydroxyl groups excluding tert-OH is 1. The molecule has 1 aromatic heterocycles. The normalized spacial score (nSPS) is 29.5. The van der Waals surface area contributed by atoms with Crippen molar-refractivity contribution in [2.45, 2.75) is 65.0 Å². The molecule has 1 fully saturated rings. The van der Waals surface area contributed by atoms with Crippen molar-refractivity contribution in [3.63, 3.8) is 0 Å². The minimum Gasteiger partial charge on any atom is -0.391 e. The summed E-state index contributed by atoms with van der Waals surface area (Å²) in [5, 5.41) is 14.7. The Morgan fingerprint density at radius 3 is 2.71 bits per heavy atom. The maximum absolute atomic E-state index is 10.2. The summed E-state index contributed by atoms with van der Waals surface area (Å²) in [5.74, 6) is 2.58. The lowest BCUT2D eigenvalue weighted by Gasteiger charge is -2.32. The van der Waals surface area contributed by atoms with Crippen molar-refractivity contribution < 1.29 is 5.11 Å². The van der Waals surface area contributed by atoms with Crippen molar-refractivity contribution in [3.05, 3.63) is 11.6 Å². The average Bonchev–Trinajstić information content (AvgIpc) is 2.75. The zero-order valence-electron chi connectivity index (χ0n) is 11.1. The van der Waals surface area contributed by atoms with E-state index in [0.29, 0.717) is 5.92 Å². The van der Waals surface area contributed by atoms with Crippen LogP contribution in [-0.2, 0) is 12.8 Å². The SMILES string of the molecule is CCc1nc(CC)n(C2CC(C)CCC2O)n1. The first-order chi connectivity index (χ1) is 8.15. The third-order valence-electron chi connectivity index (χ3n) is 3.74. The molecule has 1 aliphatic carbocycles. The van der Waals surface area contributed by atoms with Gasteiger partial charge in [-0.3, -0.25) is 0 Å². The van der Waals surface area contributed by atoms with Crippen LogP contribution < -0.4 is 0 Å². The van der Waals surface area contributed by atoms with Crippen molar-refractivity contribution in [1.29, 1.82) is 0 Å². The highest BCUT2D eigenvalue weighted by atomic mass is 16.3. The maximum Gasteiger partial charge on any atom is 0.150 e. The lowest BCUT2D eigenvalue weighted by atomic mass is 9.85. The second kappa shape index (κ2) is 5.17. The molecule has 3 unspecified atom stereocenters. The Hall–Kier alpha value is -0.900. The number of aliphatic hydroxyl groups is 1. The van der Waals surface area contributed by atoms with Gasteiger partial charge in [-0.2, -0.15) is 5.10 Å². The van der Waals surface area contributed by atoms with Gasteiger partial charge in [-0.25, -0.2) is 9.67 Å².